The number of amides is 1. The van der Waals surface area contributed by atoms with Crippen LogP contribution in [0.1, 0.15) is 35.8 Å². The Morgan fingerprint density at radius 1 is 1.65 bits per heavy atom. The molecule has 0 bridgehead atoms. The van der Waals surface area contributed by atoms with E-state index in [0.717, 1.165) is 11.6 Å². The number of hydrogen-bond acceptors (Lipinski definition) is 2. The summed E-state index contributed by atoms with van der Waals surface area (Å²) in [5, 5.41) is 3.38. The number of nitrogens with zero attached hydrogens (tertiary/aromatic N) is 1. The maximum absolute atomic E-state index is 11.9. The monoisotopic (exact) mass is 252 g/mol. The zero-order valence-corrected chi connectivity index (χ0v) is 10.9. The van der Waals surface area contributed by atoms with Crippen LogP contribution in [-0.4, -0.2) is 17.4 Å². The van der Waals surface area contributed by atoms with Crippen molar-refractivity contribution in [2.45, 2.75) is 26.7 Å². The van der Waals surface area contributed by atoms with E-state index in [4.69, 9.17) is 11.6 Å². The van der Waals surface area contributed by atoms with Gasteiger partial charge in [0.25, 0.3) is 5.91 Å². The lowest BCUT2D eigenvalue weighted by atomic mass is 10.1. The van der Waals surface area contributed by atoms with Crippen LogP contribution in [-0.2, 0) is 0 Å². The predicted molar refractivity (Wildman–Crippen MR) is 68.2 cm³/mol. The molecule has 1 N–H and O–H groups in total. The third kappa shape index (κ3) is 3.19. The van der Waals surface area contributed by atoms with Crippen molar-refractivity contribution in [1.82, 2.24) is 10.3 Å². The van der Waals surface area contributed by atoms with Crippen LogP contribution in [0.4, 0.5) is 0 Å². The maximum Gasteiger partial charge on any atom is 0.254 e. The fourth-order valence-electron chi connectivity index (χ4n) is 1.87. The molecular formula is C13H17ClN2O. The lowest BCUT2D eigenvalue weighted by molar-refractivity contribution is 0.0946. The normalized spacial score (nSPS) is 16.6. The summed E-state index contributed by atoms with van der Waals surface area (Å²) in [6.45, 7) is 4.74. The average Bonchev–Trinajstić information content (AvgIpc) is 3.09. The highest BCUT2D eigenvalue weighted by molar-refractivity contribution is 6.33. The van der Waals surface area contributed by atoms with E-state index in [9.17, 15) is 4.79 Å². The number of pyridine rings is 1. The molecule has 0 aliphatic heterocycles. The van der Waals surface area contributed by atoms with Crippen LogP contribution in [0.5, 0.6) is 0 Å². The Morgan fingerprint density at radius 2 is 2.35 bits per heavy atom. The summed E-state index contributed by atoms with van der Waals surface area (Å²) in [6, 6.07) is 1.71. The van der Waals surface area contributed by atoms with Gasteiger partial charge >= 0.3 is 0 Å². The fraction of sp³-hybridized carbons (Fsp3) is 0.538. The number of aryl methyl sites for hydroxylation is 1. The quantitative estimate of drug-likeness (QED) is 0.895. The molecular weight excluding hydrogens is 236 g/mol. The molecule has 1 fully saturated rings. The molecule has 1 atom stereocenters. The van der Waals surface area contributed by atoms with Crippen molar-refractivity contribution in [2.24, 2.45) is 11.8 Å². The van der Waals surface area contributed by atoms with E-state index in [-0.39, 0.29) is 5.91 Å². The minimum atomic E-state index is -0.130. The van der Waals surface area contributed by atoms with Gasteiger partial charge in [-0.2, -0.15) is 0 Å². The number of rotatable bonds is 4. The highest BCUT2D eigenvalue weighted by atomic mass is 35.5. The summed E-state index contributed by atoms with van der Waals surface area (Å²) in [5.41, 5.74) is 1.28. The van der Waals surface area contributed by atoms with Crippen LogP contribution in [0.15, 0.2) is 12.3 Å². The maximum atomic E-state index is 11.9. The second kappa shape index (κ2) is 5.05. The van der Waals surface area contributed by atoms with Crippen LogP contribution >= 0.6 is 11.6 Å². The third-order valence-corrected chi connectivity index (χ3v) is 3.56. The number of hydrogen-bond donors (Lipinski definition) is 1. The van der Waals surface area contributed by atoms with Crippen molar-refractivity contribution in [3.05, 3.63) is 28.5 Å². The molecule has 1 amide bonds. The van der Waals surface area contributed by atoms with E-state index in [1.54, 1.807) is 6.07 Å². The molecule has 0 aromatic carbocycles. The Labute approximate surface area is 107 Å². The van der Waals surface area contributed by atoms with Crippen LogP contribution in [0, 0.1) is 18.8 Å². The van der Waals surface area contributed by atoms with Crippen molar-refractivity contribution in [3.8, 4) is 0 Å². The van der Waals surface area contributed by atoms with Gasteiger partial charge in [0, 0.05) is 18.4 Å². The SMILES string of the molecule is Cc1cc(Cl)c(C(=O)NCC(C)C2CC2)cn1. The zero-order chi connectivity index (χ0) is 12.4. The average molecular weight is 253 g/mol. The minimum absolute atomic E-state index is 0.130. The topological polar surface area (TPSA) is 42.0 Å². The molecule has 17 heavy (non-hydrogen) atoms. The zero-order valence-electron chi connectivity index (χ0n) is 10.2. The van der Waals surface area contributed by atoms with E-state index in [1.165, 1.54) is 19.0 Å². The molecule has 0 spiro atoms. The standard InChI is InChI=1S/C13H17ClN2O/c1-8(10-3-4-10)6-16-13(17)11-7-15-9(2)5-12(11)14/h5,7-8,10H,3-4,6H2,1-2H3,(H,16,17). The number of aromatic nitrogens is 1. The summed E-state index contributed by atoms with van der Waals surface area (Å²) >= 11 is 6.01. The Morgan fingerprint density at radius 3 is 2.94 bits per heavy atom. The molecule has 1 aromatic heterocycles. The van der Waals surface area contributed by atoms with E-state index in [0.29, 0.717) is 23.0 Å². The summed E-state index contributed by atoms with van der Waals surface area (Å²) in [4.78, 5) is 16.0. The van der Waals surface area contributed by atoms with Crippen molar-refractivity contribution >= 4 is 17.5 Å². The van der Waals surface area contributed by atoms with E-state index >= 15 is 0 Å². The van der Waals surface area contributed by atoms with Crippen molar-refractivity contribution in [2.75, 3.05) is 6.54 Å². The molecule has 1 unspecified atom stereocenters. The Balaban J connectivity index is 1.94. The van der Waals surface area contributed by atoms with Crippen LogP contribution < -0.4 is 5.32 Å². The van der Waals surface area contributed by atoms with Crippen molar-refractivity contribution in [3.63, 3.8) is 0 Å². The second-order valence-electron chi connectivity index (χ2n) is 4.83. The number of carbonyl (C=O) groups excluding carboxylic acids is 1. The first-order valence-electron chi connectivity index (χ1n) is 5.98. The molecule has 1 saturated carbocycles. The molecule has 1 aliphatic rings. The molecule has 1 heterocycles. The highest BCUT2D eigenvalue weighted by Gasteiger charge is 2.28. The predicted octanol–water partition coefficient (Wildman–Crippen LogP) is 2.82. The van der Waals surface area contributed by atoms with Crippen molar-refractivity contribution in [1.29, 1.82) is 0 Å². The van der Waals surface area contributed by atoms with Gasteiger partial charge in [0.05, 0.1) is 10.6 Å². The van der Waals surface area contributed by atoms with E-state index < -0.39 is 0 Å². The van der Waals surface area contributed by atoms with E-state index in [2.05, 4.69) is 17.2 Å². The van der Waals surface area contributed by atoms with Crippen LogP contribution in [0.25, 0.3) is 0 Å². The first-order chi connectivity index (χ1) is 8.08. The van der Waals surface area contributed by atoms with Crippen molar-refractivity contribution < 1.29 is 4.79 Å². The molecule has 0 saturated heterocycles. The molecule has 1 aromatic rings. The van der Waals surface area contributed by atoms with Crippen LogP contribution in [0.3, 0.4) is 0 Å². The number of carbonyl (C=O) groups is 1. The highest BCUT2D eigenvalue weighted by Crippen LogP contribution is 2.36. The van der Waals surface area contributed by atoms with E-state index in [1.807, 2.05) is 6.92 Å². The van der Waals surface area contributed by atoms with Gasteiger partial charge < -0.3 is 5.32 Å². The molecule has 2 rings (SSSR count). The minimum Gasteiger partial charge on any atom is -0.352 e. The molecule has 3 nitrogen and oxygen atoms in total. The van der Waals surface area contributed by atoms with Gasteiger partial charge in [-0.1, -0.05) is 18.5 Å². The van der Waals surface area contributed by atoms with Gasteiger partial charge in [0.1, 0.15) is 0 Å². The lowest BCUT2D eigenvalue weighted by Crippen LogP contribution is -2.29. The van der Waals surface area contributed by atoms with Crippen LogP contribution in [0.2, 0.25) is 5.02 Å². The van der Waals surface area contributed by atoms with Gasteiger partial charge in [0.15, 0.2) is 0 Å². The summed E-state index contributed by atoms with van der Waals surface area (Å²) < 4.78 is 0. The Hall–Kier alpha value is -1.09. The van der Waals surface area contributed by atoms with Gasteiger partial charge in [-0.3, -0.25) is 9.78 Å². The molecule has 0 radical (unpaired) electrons. The summed E-state index contributed by atoms with van der Waals surface area (Å²) in [6.07, 6.45) is 4.13. The molecule has 92 valence electrons. The fourth-order valence-corrected chi connectivity index (χ4v) is 2.17. The Kier molecular flexibility index (Phi) is 3.67. The summed E-state index contributed by atoms with van der Waals surface area (Å²) in [5.74, 6) is 1.22. The van der Waals surface area contributed by atoms with Gasteiger partial charge in [-0.25, -0.2) is 0 Å². The second-order valence-corrected chi connectivity index (χ2v) is 5.24. The van der Waals surface area contributed by atoms with Gasteiger partial charge in [0.2, 0.25) is 0 Å². The first-order valence-corrected chi connectivity index (χ1v) is 6.36. The lowest BCUT2D eigenvalue weighted by Gasteiger charge is -2.12. The summed E-state index contributed by atoms with van der Waals surface area (Å²) in [7, 11) is 0. The number of halogens is 1. The number of nitrogens with one attached hydrogen (secondary N) is 1. The smallest absolute Gasteiger partial charge is 0.254 e. The Bertz CT molecular complexity index is 429. The molecule has 1 aliphatic carbocycles. The van der Waals surface area contributed by atoms with Gasteiger partial charge in [-0.15, -0.1) is 0 Å². The van der Waals surface area contributed by atoms with Gasteiger partial charge in [-0.05, 0) is 37.7 Å². The third-order valence-electron chi connectivity index (χ3n) is 3.25. The molecule has 4 heteroatoms. The largest absolute Gasteiger partial charge is 0.352 e. The first kappa shape index (κ1) is 12.4.